The van der Waals surface area contributed by atoms with E-state index in [1.54, 1.807) is 23.5 Å². The molecule has 1 amide bonds. The monoisotopic (exact) mass is 512 g/mol. The maximum absolute atomic E-state index is 13.5. The van der Waals surface area contributed by atoms with E-state index in [0.717, 1.165) is 12.0 Å². The van der Waals surface area contributed by atoms with Crippen LogP contribution in [0.1, 0.15) is 30.3 Å². The van der Waals surface area contributed by atoms with E-state index >= 15 is 0 Å². The molecule has 1 aliphatic heterocycles. The molecule has 1 aromatic heterocycles. The second-order valence-corrected chi connectivity index (χ2v) is 10.2. The summed E-state index contributed by atoms with van der Waals surface area (Å²) >= 11 is 1.70. The molecule has 0 fully saturated rings. The van der Waals surface area contributed by atoms with E-state index in [0.29, 0.717) is 24.6 Å². The van der Waals surface area contributed by atoms with Crippen molar-refractivity contribution in [2.24, 2.45) is 0 Å². The lowest BCUT2D eigenvalue weighted by Crippen LogP contribution is -2.49. The Morgan fingerprint density at radius 2 is 1.83 bits per heavy atom. The van der Waals surface area contributed by atoms with E-state index in [1.807, 2.05) is 59.4 Å². The quantitative estimate of drug-likeness (QED) is 0.409. The average Bonchev–Trinajstić information content (AvgIpc) is 3.36. The molecular weight excluding hydrogens is 479 g/mol. The Bertz CT molecular complexity index is 1110. The predicted octanol–water partition coefficient (Wildman–Crippen LogP) is 4.54. The topological polar surface area (TPSA) is 62.2 Å². The van der Waals surface area contributed by atoms with Gasteiger partial charge in [-0.2, -0.15) is 0 Å². The minimum atomic E-state index is -0.733. The van der Waals surface area contributed by atoms with E-state index in [4.69, 9.17) is 9.47 Å². The highest BCUT2D eigenvalue weighted by atomic mass is 32.1. The van der Waals surface area contributed by atoms with Crippen molar-refractivity contribution in [3.05, 3.63) is 82.3 Å². The second kappa shape index (κ2) is 12.3. The minimum absolute atomic E-state index is 0.00978. The molecule has 36 heavy (non-hydrogen) atoms. The van der Waals surface area contributed by atoms with E-state index in [1.165, 1.54) is 17.0 Å². The van der Waals surface area contributed by atoms with Crippen molar-refractivity contribution >= 4 is 17.2 Å². The number of carbonyl (C=O) groups is 1. The van der Waals surface area contributed by atoms with Gasteiger partial charge in [-0.05, 0) is 73.7 Å². The van der Waals surface area contributed by atoms with Crippen LogP contribution in [0.3, 0.4) is 0 Å². The lowest BCUT2D eigenvalue weighted by molar-refractivity contribution is -0.137. The average molecular weight is 513 g/mol. The van der Waals surface area contributed by atoms with Gasteiger partial charge in [0.15, 0.2) is 0 Å². The molecule has 192 valence electrons. The number of aliphatic hydroxyl groups excluding tert-OH is 1. The van der Waals surface area contributed by atoms with E-state index in [-0.39, 0.29) is 43.6 Å². The van der Waals surface area contributed by atoms with E-state index in [2.05, 4.69) is 6.07 Å². The highest BCUT2D eigenvalue weighted by Crippen LogP contribution is 2.34. The van der Waals surface area contributed by atoms with E-state index in [9.17, 15) is 14.3 Å². The molecule has 0 radical (unpaired) electrons. The number of halogens is 1. The molecule has 2 unspecified atom stereocenters. The summed E-state index contributed by atoms with van der Waals surface area (Å²) < 4.78 is 24.9. The van der Waals surface area contributed by atoms with Crippen molar-refractivity contribution < 1.29 is 23.8 Å². The summed E-state index contributed by atoms with van der Waals surface area (Å²) in [6, 6.07) is 17.2. The first kappa shape index (κ1) is 26.1. The second-order valence-electron chi connectivity index (χ2n) is 9.22. The molecule has 2 heterocycles. The molecule has 0 saturated heterocycles. The lowest BCUT2D eigenvalue weighted by atomic mass is 10.00. The van der Waals surface area contributed by atoms with Crippen LogP contribution in [0.4, 0.5) is 4.39 Å². The fourth-order valence-electron chi connectivity index (χ4n) is 4.34. The number of amides is 1. The molecule has 3 aromatic rings. The van der Waals surface area contributed by atoms with Crippen molar-refractivity contribution in [2.45, 2.75) is 38.5 Å². The molecule has 0 saturated carbocycles. The molecule has 0 bridgehead atoms. The Morgan fingerprint density at radius 1 is 1.11 bits per heavy atom. The fourth-order valence-corrected chi connectivity index (χ4v) is 5.26. The van der Waals surface area contributed by atoms with Crippen LogP contribution in [0.25, 0.3) is 0 Å². The van der Waals surface area contributed by atoms with Gasteiger partial charge in [0.25, 0.3) is 0 Å². The number of aliphatic hydroxyl groups is 1. The van der Waals surface area contributed by atoms with Crippen LogP contribution in [-0.2, 0) is 11.2 Å². The predicted molar refractivity (Wildman–Crippen MR) is 139 cm³/mol. The highest BCUT2D eigenvalue weighted by Gasteiger charge is 2.33. The third-order valence-corrected chi connectivity index (χ3v) is 7.33. The third-order valence-electron chi connectivity index (χ3n) is 6.34. The normalized spacial score (nSPS) is 16.2. The Labute approximate surface area is 215 Å². The molecule has 2 atom stereocenters. The molecule has 8 heteroatoms. The van der Waals surface area contributed by atoms with Crippen molar-refractivity contribution in [1.82, 2.24) is 9.80 Å². The van der Waals surface area contributed by atoms with Crippen LogP contribution in [0.15, 0.2) is 66.0 Å². The van der Waals surface area contributed by atoms with Crippen LogP contribution in [0.2, 0.25) is 0 Å². The zero-order chi connectivity index (χ0) is 25.5. The van der Waals surface area contributed by atoms with Crippen molar-refractivity contribution in [1.29, 1.82) is 0 Å². The molecular formula is C28H33FN2O4S. The Morgan fingerprint density at radius 3 is 2.56 bits per heavy atom. The van der Waals surface area contributed by atoms with Gasteiger partial charge in [-0.1, -0.05) is 18.2 Å². The first-order valence-corrected chi connectivity index (χ1v) is 13.1. The zero-order valence-electron chi connectivity index (χ0n) is 20.7. The summed E-state index contributed by atoms with van der Waals surface area (Å²) in [6.07, 6.45) is 0.0731. The molecule has 0 aliphatic carbocycles. The van der Waals surface area contributed by atoms with Gasteiger partial charge >= 0.3 is 0 Å². The van der Waals surface area contributed by atoms with Crippen molar-refractivity contribution in [2.75, 3.05) is 32.8 Å². The van der Waals surface area contributed by atoms with Gasteiger partial charge in [-0.25, -0.2) is 4.39 Å². The first-order valence-electron chi connectivity index (χ1n) is 12.2. The number of rotatable bonds is 11. The molecule has 4 rings (SSSR count). The SMILES string of the molecule is CC(C)N(CC(=O)N1CCc2sccc2C1COc1ccc(F)cc1)CC(O)COc1ccccc1. The van der Waals surface area contributed by atoms with Gasteiger partial charge in [0, 0.05) is 24.0 Å². The molecule has 0 spiro atoms. The fraction of sp³-hybridized carbons (Fsp3) is 0.393. The van der Waals surface area contributed by atoms with Gasteiger partial charge in [-0.3, -0.25) is 9.69 Å². The Hall–Kier alpha value is -2.94. The number of thiophene rings is 1. The van der Waals surface area contributed by atoms with Crippen molar-refractivity contribution in [3.63, 3.8) is 0 Å². The minimum Gasteiger partial charge on any atom is -0.491 e. The summed E-state index contributed by atoms with van der Waals surface area (Å²) in [7, 11) is 0. The van der Waals surface area contributed by atoms with Crippen LogP contribution in [0.5, 0.6) is 11.5 Å². The number of ether oxygens (including phenoxy) is 2. The van der Waals surface area contributed by atoms with Gasteiger partial charge < -0.3 is 19.5 Å². The summed E-state index contributed by atoms with van der Waals surface area (Å²) in [5.41, 5.74) is 1.11. The maximum Gasteiger partial charge on any atom is 0.237 e. The van der Waals surface area contributed by atoms with Crippen LogP contribution in [-0.4, -0.2) is 65.8 Å². The lowest BCUT2D eigenvalue weighted by Gasteiger charge is -2.38. The standard InChI is InChI=1S/C28H33FN2O4S/c1-20(2)30(16-22(32)18-34-23-6-4-3-5-7-23)17-28(33)31-14-12-27-25(13-15-36-27)26(31)19-35-24-10-8-21(29)9-11-24/h3-11,13,15,20,22,26,32H,12,14,16-19H2,1-2H3. The number of nitrogens with zero attached hydrogens (tertiary/aromatic N) is 2. The Balaban J connectivity index is 1.39. The summed E-state index contributed by atoms with van der Waals surface area (Å²) in [4.78, 5) is 18.7. The smallest absolute Gasteiger partial charge is 0.237 e. The van der Waals surface area contributed by atoms with Crippen LogP contribution < -0.4 is 9.47 Å². The largest absolute Gasteiger partial charge is 0.491 e. The number of para-hydroxylation sites is 1. The van der Waals surface area contributed by atoms with Gasteiger partial charge in [0.2, 0.25) is 5.91 Å². The number of fused-ring (bicyclic) bond motifs is 1. The number of hydrogen-bond donors (Lipinski definition) is 1. The van der Waals surface area contributed by atoms with Crippen LogP contribution >= 0.6 is 11.3 Å². The van der Waals surface area contributed by atoms with Crippen LogP contribution in [0, 0.1) is 5.82 Å². The van der Waals surface area contributed by atoms with Gasteiger partial charge in [-0.15, -0.1) is 11.3 Å². The summed E-state index contributed by atoms with van der Waals surface area (Å²) in [5.74, 6) is 0.940. The van der Waals surface area contributed by atoms with Crippen molar-refractivity contribution in [3.8, 4) is 11.5 Å². The molecule has 1 N–H and O–H groups in total. The zero-order valence-corrected chi connectivity index (χ0v) is 21.5. The van der Waals surface area contributed by atoms with E-state index < -0.39 is 6.10 Å². The third kappa shape index (κ3) is 6.84. The molecule has 6 nitrogen and oxygen atoms in total. The van der Waals surface area contributed by atoms with Gasteiger partial charge in [0.05, 0.1) is 12.6 Å². The number of hydrogen-bond acceptors (Lipinski definition) is 6. The summed E-state index contributed by atoms with van der Waals surface area (Å²) in [5, 5.41) is 12.6. The number of benzene rings is 2. The maximum atomic E-state index is 13.5. The highest BCUT2D eigenvalue weighted by molar-refractivity contribution is 7.10. The first-order chi connectivity index (χ1) is 17.4. The Kier molecular flexibility index (Phi) is 8.96. The number of carbonyl (C=O) groups excluding carboxylic acids is 1. The molecule has 2 aromatic carbocycles. The molecule has 1 aliphatic rings. The summed E-state index contributed by atoms with van der Waals surface area (Å²) in [6.45, 7) is 5.58. The van der Waals surface area contributed by atoms with Gasteiger partial charge in [0.1, 0.15) is 36.6 Å².